The molecule has 0 saturated carbocycles. The second-order valence-corrected chi connectivity index (χ2v) is 5.23. The minimum absolute atomic E-state index is 0.0673. The summed E-state index contributed by atoms with van der Waals surface area (Å²) in [5.41, 5.74) is 8.66. The molecule has 1 atom stereocenters. The van der Waals surface area contributed by atoms with Crippen LogP contribution in [-0.4, -0.2) is 7.11 Å². The SMILES string of the molecule is COc1ccccc1C(N)Cc1ccc2ccccc2c1. The molecule has 0 bridgehead atoms. The van der Waals surface area contributed by atoms with Gasteiger partial charge in [0.1, 0.15) is 5.75 Å². The molecule has 0 spiro atoms. The quantitative estimate of drug-likeness (QED) is 0.779. The van der Waals surface area contributed by atoms with Crippen LogP contribution in [0.4, 0.5) is 0 Å². The van der Waals surface area contributed by atoms with E-state index in [0.717, 1.165) is 17.7 Å². The molecule has 1 unspecified atom stereocenters. The van der Waals surface area contributed by atoms with Crippen molar-refractivity contribution in [3.8, 4) is 5.75 Å². The molecule has 0 amide bonds. The van der Waals surface area contributed by atoms with Crippen molar-refractivity contribution in [2.24, 2.45) is 5.73 Å². The van der Waals surface area contributed by atoms with E-state index in [0.29, 0.717) is 0 Å². The Bertz CT molecular complexity index is 751. The molecule has 2 nitrogen and oxygen atoms in total. The van der Waals surface area contributed by atoms with E-state index in [-0.39, 0.29) is 6.04 Å². The molecule has 21 heavy (non-hydrogen) atoms. The lowest BCUT2D eigenvalue weighted by molar-refractivity contribution is 0.405. The van der Waals surface area contributed by atoms with E-state index < -0.39 is 0 Å². The van der Waals surface area contributed by atoms with Crippen molar-refractivity contribution in [1.82, 2.24) is 0 Å². The van der Waals surface area contributed by atoms with Gasteiger partial charge < -0.3 is 10.5 Å². The fourth-order valence-electron chi connectivity index (χ4n) is 2.70. The van der Waals surface area contributed by atoms with Crippen LogP contribution in [0.15, 0.2) is 66.7 Å². The fraction of sp³-hybridized carbons (Fsp3) is 0.158. The van der Waals surface area contributed by atoms with Crippen LogP contribution in [0.25, 0.3) is 10.8 Å². The van der Waals surface area contributed by atoms with Gasteiger partial charge in [-0.15, -0.1) is 0 Å². The molecule has 0 aliphatic heterocycles. The van der Waals surface area contributed by atoms with E-state index in [1.807, 2.05) is 24.3 Å². The van der Waals surface area contributed by atoms with E-state index in [4.69, 9.17) is 10.5 Å². The Morgan fingerprint density at radius 3 is 2.43 bits per heavy atom. The molecule has 0 aromatic heterocycles. The van der Waals surface area contributed by atoms with E-state index >= 15 is 0 Å². The Morgan fingerprint density at radius 2 is 1.62 bits per heavy atom. The van der Waals surface area contributed by atoms with Crippen molar-refractivity contribution in [2.45, 2.75) is 12.5 Å². The lowest BCUT2D eigenvalue weighted by Crippen LogP contribution is -2.14. The number of para-hydroxylation sites is 1. The molecule has 0 radical (unpaired) electrons. The summed E-state index contributed by atoms with van der Waals surface area (Å²) in [6.07, 6.45) is 0.797. The number of nitrogens with two attached hydrogens (primary N) is 1. The van der Waals surface area contributed by atoms with Crippen molar-refractivity contribution in [1.29, 1.82) is 0 Å². The summed E-state index contributed by atoms with van der Waals surface area (Å²) in [5.74, 6) is 0.853. The topological polar surface area (TPSA) is 35.2 Å². The zero-order chi connectivity index (χ0) is 14.7. The third-order valence-electron chi connectivity index (χ3n) is 3.81. The maximum atomic E-state index is 6.37. The molecule has 0 saturated heterocycles. The number of fused-ring (bicyclic) bond motifs is 1. The molecule has 106 valence electrons. The van der Waals surface area contributed by atoms with Crippen LogP contribution >= 0.6 is 0 Å². The number of hydrogen-bond acceptors (Lipinski definition) is 2. The average molecular weight is 277 g/mol. The number of methoxy groups -OCH3 is 1. The van der Waals surface area contributed by atoms with E-state index in [1.165, 1.54) is 16.3 Å². The largest absolute Gasteiger partial charge is 0.496 e. The Morgan fingerprint density at radius 1 is 0.905 bits per heavy atom. The van der Waals surface area contributed by atoms with Crippen molar-refractivity contribution in [3.63, 3.8) is 0 Å². The molecule has 0 aliphatic carbocycles. The predicted octanol–water partition coefficient (Wildman–Crippen LogP) is 4.09. The monoisotopic (exact) mass is 277 g/mol. The molecule has 3 aromatic rings. The fourth-order valence-corrected chi connectivity index (χ4v) is 2.70. The Balaban J connectivity index is 1.87. The first-order valence-corrected chi connectivity index (χ1v) is 7.14. The highest BCUT2D eigenvalue weighted by Gasteiger charge is 2.12. The highest BCUT2D eigenvalue weighted by atomic mass is 16.5. The minimum Gasteiger partial charge on any atom is -0.496 e. The molecule has 0 fully saturated rings. The Kier molecular flexibility index (Phi) is 3.89. The van der Waals surface area contributed by atoms with Gasteiger partial charge in [-0.1, -0.05) is 60.7 Å². The number of rotatable bonds is 4. The van der Waals surface area contributed by atoms with Gasteiger partial charge in [0, 0.05) is 11.6 Å². The van der Waals surface area contributed by atoms with Gasteiger partial charge in [0.15, 0.2) is 0 Å². The molecular formula is C19H19NO. The summed E-state index contributed by atoms with van der Waals surface area (Å²) in [5, 5.41) is 2.51. The molecule has 3 aromatic carbocycles. The smallest absolute Gasteiger partial charge is 0.123 e. The van der Waals surface area contributed by atoms with Crippen LogP contribution in [-0.2, 0) is 6.42 Å². The standard InChI is InChI=1S/C19H19NO/c1-21-19-9-5-4-8-17(19)18(20)13-14-10-11-15-6-2-3-7-16(15)12-14/h2-12,18H,13,20H2,1H3. The zero-order valence-corrected chi connectivity index (χ0v) is 12.1. The third kappa shape index (κ3) is 2.91. The second-order valence-electron chi connectivity index (χ2n) is 5.23. The van der Waals surface area contributed by atoms with Gasteiger partial charge >= 0.3 is 0 Å². The van der Waals surface area contributed by atoms with E-state index in [9.17, 15) is 0 Å². The number of ether oxygens (including phenoxy) is 1. The zero-order valence-electron chi connectivity index (χ0n) is 12.1. The lowest BCUT2D eigenvalue weighted by atomic mass is 9.97. The first kappa shape index (κ1) is 13.7. The molecule has 0 aliphatic rings. The van der Waals surface area contributed by atoms with Crippen molar-refractivity contribution < 1.29 is 4.74 Å². The van der Waals surface area contributed by atoms with Crippen molar-refractivity contribution in [3.05, 3.63) is 77.9 Å². The molecule has 2 heteroatoms. The van der Waals surface area contributed by atoms with Crippen LogP contribution in [0.3, 0.4) is 0 Å². The number of benzene rings is 3. The lowest BCUT2D eigenvalue weighted by Gasteiger charge is -2.16. The molecule has 3 rings (SSSR count). The summed E-state index contributed by atoms with van der Waals surface area (Å²) >= 11 is 0. The second kappa shape index (κ2) is 5.98. The van der Waals surface area contributed by atoms with Crippen molar-refractivity contribution in [2.75, 3.05) is 7.11 Å². The Hall–Kier alpha value is -2.32. The van der Waals surface area contributed by atoms with E-state index in [1.54, 1.807) is 7.11 Å². The van der Waals surface area contributed by atoms with Crippen LogP contribution < -0.4 is 10.5 Å². The van der Waals surface area contributed by atoms with Crippen LogP contribution in [0.5, 0.6) is 5.75 Å². The average Bonchev–Trinajstić information content (AvgIpc) is 2.54. The van der Waals surface area contributed by atoms with Gasteiger partial charge in [-0.3, -0.25) is 0 Å². The van der Waals surface area contributed by atoms with Gasteiger partial charge in [-0.25, -0.2) is 0 Å². The van der Waals surface area contributed by atoms with Crippen LogP contribution in [0.2, 0.25) is 0 Å². The predicted molar refractivity (Wildman–Crippen MR) is 87.6 cm³/mol. The van der Waals surface area contributed by atoms with Crippen molar-refractivity contribution >= 4 is 10.8 Å². The molecule has 2 N–H and O–H groups in total. The van der Waals surface area contributed by atoms with Gasteiger partial charge in [0.2, 0.25) is 0 Å². The van der Waals surface area contributed by atoms with Gasteiger partial charge in [-0.2, -0.15) is 0 Å². The Labute approximate surface area is 125 Å². The summed E-state index contributed by atoms with van der Waals surface area (Å²) in [7, 11) is 1.68. The first-order chi connectivity index (χ1) is 10.3. The highest BCUT2D eigenvalue weighted by molar-refractivity contribution is 5.83. The van der Waals surface area contributed by atoms with Gasteiger partial charge in [0.05, 0.1) is 7.11 Å². The normalized spacial score (nSPS) is 12.3. The van der Waals surface area contributed by atoms with Crippen LogP contribution in [0, 0.1) is 0 Å². The molecule has 0 heterocycles. The third-order valence-corrected chi connectivity index (χ3v) is 3.81. The summed E-state index contributed by atoms with van der Waals surface area (Å²) in [6, 6.07) is 22.8. The maximum Gasteiger partial charge on any atom is 0.123 e. The maximum absolute atomic E-state index is 6.37. The molecular weight excluding hydrogens is 258 g/mol. The number of hydrogen-bond donors (Lipinski definition) is 1. The summed E-state index contributed by atoms with van der Waals surface area (Å²) in [6.45, 7) is 0. The van der Waals surface area contributed by atoms with E-state index in [2.05, 4.69) is 42.5 Å². The summed E-state index contributed by atoms with van der Waals surface area (Å²) < 4.78 is 5.39. The first-order valence-electron chi connectivity index (χ1n) is 7.14. The minimum atomic E-state index is -0.0673. The van der Waals surface area contributed by atoms with Gasteiger partial charge in [0.25, 0.3) is 0 Å². The summed E-state index contributed by atoms with van der Waals surface area (Å²) in [4.78, 5) is 0. The highest BCUT2D eigenvalue weighted by Crippen LogP contribution is 2.26. The van der Waals surface area contributed by atoms with Crippen LogP contribution in [0.1, 0.15) is 17.2 Å². The van der Waals surface area contributed by atoms with Gasteiger partial charge in [-0.05, 0) is 28.8 Å².